The molecule has 2 rings (SSSR count). The fourth-order valence-corrected chi connectivity index (χ4v) is 2.49. The summed E-state index contributed by atoms with van der Waals surface area (Å²) in [5.41, 5.74) is 1.49. The van der Waals surface area contributed by atoms with E-state index in [1.54, 1.807) is 13.2 Å². The van der Waals surface area contributed by atoms with E-state index in [2.05, 4.69) is 15.6 Å². The molecular weight excluding hydrogens is 473 g/mol. The van der Waals surface area contributed by atoms with Gasteiger partial charge in [-0.1, -0.05) is 12.1 Å². The summed E-state index contributed by atoms with van der Waals surface area (Å²) in [7, 11) is 3.12. The zero-order chi connectivity index (χ0) is 19.6. The zero-order valence-electron chi connectivity index (χ0n) is 16.6. The van der Waals surface area contributed by atoms with Gasteiger partial charge >= 0.3 is 0 Å². The van der Waals surface area contributed by atoms with Gasteiger partial charge in [-0.15, -0.1) is 24.0 Å². The third-order valence-electron chi connectivity index (χ3n) is 3.78. The molecule has 3 N–H and O–H groups in total. The van der Waals surface area contributed by atoms with Gasteiger partial charge < -0.3 is 30.0 Å². The molecule has 0 fully saturated rings. The Morgan fingerprint density at radius 2 is 1.79 bits per heavy atom. The third-order valence-corrected chi connectivity index (χ3v) is 3.78. The summed E-state index contributed by atoms with van der Waals surface area (Å²) in [5.74, 6) is 2.45. The van der Waals surface area contributed by atoms with Crippen molar-refractivity contribution in [3.05, 3.63) is 42.0 Å². The van der Waals surface area contributed by atoms with E-state index < -0.39 is 0 Å². The van der Waals surface area contributed by atoms with Crippen molar-refractivity contribution in [2.45, 2.75) is 20.4 Å². The van der Waals surface area contributed by atoms with Crippen LogP contribution in [0.2, 0.25) is 0 Å². The van der Waals surface area contributed by atoms with Crippen LogP contribution in [-0.4, -0.2) is 38.4 Å². The number of hydrogen-bond donors (Lipinski definition) is 3. The van der Waals surface area contributed by atoms with E-state index in [0.717, 1.165) is 5.69 Å². The molecule has 8 heteroatoms. The zero-order valence-corrected chi connectivity index (χ0v) is 18.9. The average Bonchev–Trinajstić information content (AvgIpc) is 2.68. The highest BCUT2D eigenvalue weighted by molar-refractivity contribution is 14.0. The molecule has 2 aromatic rings. The molecule has 0 unspecified atom stereocenters. The van der Waals surface area contributed by atoms with E-state index in [4.69, 9.17) is 14.2 Å². The molecule has 2 aromatic carbocycles. The molecule has 0 atom stereocenters. The lowest BCUT2D eigenvalue weighted by atomic mass is 10.2. The maximum atomic E-state index is 10.2. The minimum Gasteiger partial charge on any atom is -0.504 e. The Morgan fingerprint density at radius 1 is 1.04 bits per heavy atom. The third kappa shape index (κ3) is 6.36. The molecule has 28 heavy (non-hydrogen) atoms. The number of guanidine groups is 1. The Labute approximate surface area is 183 Å². The molecule has 0 saturated carbocycles. The van der Waals surface area contributed by atoms with E-state index in [9.17, 15) is 5.11 Å². The van der Waals surface area contributed by atoms with Crippen molar-refractivity contribution in [2.24, 2.45) is 4.99 Å². The predicted octanol–water partition coefficient (Wildman–Crippen LogP) is 4.00. The number of ether oxygens (including phenoxy) is 3. The molecular formula is C20H28IN3O4. The van der Waals surface area contributed by atoms with Crippen LogP contribution in [0.3, 0.4) is 0 Å². The van der Waals surface area contributed by atoms with E-state index in [1.807, 2.05) is 44.2 Å². The molecule has 0 radical (unpaired) electrons. The van der Waals surface area contributed by atoms with Crippen LogP contribution in [-0.2, 0) is 6.54 Å². The molecule has 7 nitrogen and oxygen atoms in total. The van der Waals surface area contributed by atoms with Crippen molar-refractivity contribution in [3.63, 3.8) is 0 Å². The minimum absolute atomic E-state index is 0. The van der Waals surface area contributed by atoms with Crippen LogP contribution in [0.15, 0.2) is 41.4 Å². The van der Waals surface area contributed by atoms with Gasteiger partial charge in [0.1, 0.15) is 0 Å². The number of nitrogens with one attached hydrogen (secondary N) is 2. The number of aliphatic imine (C=N–C) groups is 1. The number of phenols is 1. The number of hydrogen-bond acceptors (Lipinski definition) is 5. The van der Waals surface area contributed by atoms with Gasteiger partial charge in [0.05, 0.1) is 27.4 Å². The molecule has 0 aromatic heterocycles. The molecule has 0 aliphatic heterocycles. The number of rotatable bonds is 8. The van der Waals surface area contributed by atoms with Gasteiger partial charge in [-0.25, -0.2) is 4.99 Å². The number of anilines is 1. The highest BCUT2D eigenvalue weighted by Gasteiger charge is 2.09. The SMILES string of the molecule is CCNC(=NCc1cccc(OC)c1O)Nc1ccc(OCC)c(OC)c1.I. The molecule has 154 valence electrons. The average molecular weight is 501 g/mol. The maximum Gasteiger partial charge on any atom is 0.196 e. The largest absolute Gasteiger partial charge is 0.504 e. The van der Waals surface area contributed by atoms with Crippen molar-refractivity contribution in [1.82, 2.24) is 5.32 Å². The second-order valence-electron chi connectivity index (χ2n) is 5.59. The fourth-order valence-electron chi connectivity index (χ4n) is 2.49. The number of methoxy groups -OCH3 is 2. The first-order valence-corrected chi connectivity index (χ1v) is 8.83. The molecule has 0 amide bonds. The van der Waals surface area contributed by atoms with Crippen LogP contribution in [0.4, 0.5) is 5.69 Å². The number of para-hydroxylation sites is 1. The van der Waals surface area contributed by atoms with E-state index in [0.29, 0.717) is 48.5 Å². The van der Waals surface area contributed by atoms with Gasteiger partial charge in [-0.2, -0.15) is 0 Å². The van der Waals surface area contributed by atoms with Gasteiger partial charge in [0, 0.05) is 23.9 Å². The molecule has 0 heterocycles. The second-order valence-corrected chi connectivity index (χ2v) is 5.59. The van der Waals surface area contributed by atoms with Crippen molar-refractivity contribution in [1.29, 1.82) is 0 Å². The smallest absolute Gasteiger partial charge is 0.196 e. The lowest BCUT2D eigenvalue weighted by Crippen LogP contribution is -2.30. The normalized spacial score (nSPS) is 10.6. The van der Waals surface area contributed by atoms with E-state index in [-0.39, 0.29) is 29.7 Å². The quantitative estimate of drug-likeness (QED) is 0.288. The van der Waals surface area contributed by atoms with Gasteiger partial charge in [0.15, 0.2) is 29.0 Å². The lowest BCUT2D eigenvalue weighted by Gasteiger charge is -2.14. The molecule has 0 bridgehead atoms. The Bertz CT molecular complexity index is 784. The summed E-state index contributed by atoms with van der Waals surface area (Å²) in [6.45, 7) is 5.47. The lowest BCUT2D eigenvalue weighted by molar-refractivity contribution is 0.311. The molecule has 0 aliphatic carbocycles. The Morgan fingerprint density at radius 3 is 2.43 bits per heavy atom. The van der Waals surface area contributed by atoms with E-state index >= 15 is 0 Å². The molecule has 0 saturated heterocycles. The Kier molecular flexibility index (Phi) is 10.3. The van der Waals surface area contributed by atoms with Crippen LogP contribution < -0.4 is 24.8 Å². The number of benzene rings is 2. The highest BCUT2D eigenvalue weighted by atomic mass is 127. The number of nitrogens with zero attached hydrogens (tertiary/aromatic N) is 1. The van der Waals surface area contributed by atoms with Gasteiger partial charge in [0.2, 0.25) is 0 Å². The van der Waals surface area contributed by atoms with Crippen LogP contribution in [0.5, 0.6) is 23.0 Å². The summed E-state index contributed by atoms with van der Waals surface area (Å²) >= 11 is 0. The van der Waals surface area contributed by atoms with Crippen molar-refractivity contribution < 1.29 is 19.3 Å². The number of phenolic OH excluding ortho intramolecular Hbond substituents is 1. The number of aromatic hydroxyl groups is 1. The van der Waals surface area contributed by atoms with E-state index in [1.165, 1.54) is 7.11 Å². The number of halogens is 1. The van der Waals surface area contributed by atoms with Crippen LogP contribution in [0, 0.1) is 0 Å². The van der Waals surface area contributed by atoms with Crippen LogP contribution in [0.25, 0.3) is 0 Å². The fraction of sp³-hybridized carbons (Fsp3) is 0.350. The minimum atomic E-state index is 0. The molecule has 0 aliphatic rings. The first-order valence-electron chi connectivity index (χ1n) is 8.83. The van der Waals surface area contributed by atoms with Crippen molar-refractivity contribution >= 4 is 35.6 Å². The Hall–Kier alpha value is -2.36. The monoisotopic (exact) mass is 501 g/mol. The summed E-state index contributed by atoms with van der Waals surface area (Å²) in [4.78, 5) is 4.54. The second kappa shape index (κ2) is 12.2. The van der Waals surface area contributed by atoms with Gasteiger partial charge in [0.25, 0.3) is 0 Å². The summed E-state index contributed by atoms with van der Waals surface area (Å²) in [6.07, 6.45) is 0. The maximum absolute atomic E-state index is 10.2. The molecule has 0 spiro atoms. The highest BCUT2D eigenvalue weighted by Crippen LogP contribution is 2.31. The van der Waals surface area contributed by atoms with Gasteiger partial charge in [-0.05, 0) is 32.0 Å². The predicted molar refractivity (Wildman–Crippen MR) is 123 cm³/mol. The first kappa shape index (κ1) is 23.7. The van der Waals surface area contributed by atoms with Crippen LogP contribution >= 0.6 is 24.0 Å². The first-order chi connectivity index (χ1) is 13.1. The topological polar surface area (TPSA) is 84.3 Å². The summed E-state index contributed by atoms with van der Waals surface area (Å²) in [6, 6.07) is 10.9. The summed E-state index contributed by atoms with van der Waals surface area (Å²) < 4.78 is 16.1. The Balaban J connectivity index is 0.00000392. The standard InChI is InChI=1S/C20H27N3O4.HI/c1-5-21-20(22-13-14-8-7-9-17(25-3)19(14)24)23-15-10-11-16(27-6-2)18(12-15)26-4;/h7-12,24H,5-6,13H2,1-4H3,(H2,21,22,23);1H. The van der Waals surface area contributed by atoms with Crippen molar-refractivity contribution in [2.75, 3.05) is 32.7 Å². The van der Waals surface area contributed by atoms with Gasteiger partial charge in [-0.3, -0.25) is 0 Å². The van der Waals surface area contributed by atoms with Crippen LogP contribution in [0.1, 0.15) is 19.4 Å². The summed E-state index contributed by atoms with van der Waals surface area (Å²) in [5, 5.41) is 16.6. The van der Waals surface area contributed by atoms with Crippen molar-refractivity contribution in [3.8, 4) is 23.0 Å².